The van der Waals surface area contributed by atoms with E-state index >= 15 is 0 Å². The molecular formula is C18H22FN. The summed E-state index contributed by atoms with van der Waals surface area (Å²) >= 11 is 0. The fourth-order valence-corrected chi connectivity index (χ4v) is 4.08. The first-order chi connectivity index (χ1) is 9.69. The van der Waals surface area contributed by atoms with Gasteiger partial charge in [-0.25, -0.2) is 4.39 Å². The summed E-state index contributed by atoms with van der Waals surface area (Å²) in [6, 6.07) is 5.58. The minimum absolute atomic E-state index is 0.202. The number of hydrogen-bond donors (Lipinski definition) is 0. The molecule has 2 aliphatic carbocycles. The van der Waals surface area contributed by atoms with Crippen LogP contribution in [0.4, 0.5) is 4.39 Å². The largest absolute Gasteiger partial charge is 0.205 e. The molecule has 1 unspecified atom stereocenters. The standard InChI is InChI=1S/C18H22FN/c1-12-2-4-13(5-3-12)14-8-9-17-15(10-14)6-7-16(11-20)18(17)19/h6-7,12-14H,2-5,8-10H2,1H3. The maximum absolute atomic E-state index is 14.2. The lowest BCUT2D eigenvalue weighted by Crippen LogP contribution is -2.26. The van der Waals surface area contributed by atoms with Gasteiger partial charge in [0, 0.05) is 0 Å². The van der Waals surface area contributed by atoms with Crippen molar-refractivity contribution in [3.63, 3.8) is 0 Å². The summed E-state index contributed by atoms with van der Waals surface area (Å²) < 4.78 is 14.2. The molecular weight excluding hydrogens is 249 g/mol. The Balaban J connectivity index is 1.76. The number of nitrogens with zero attached hydrogens (tertiary/aromatic N) is 1. The third-order valence-electron chi connectivity index (χ3n) is 5.44. The fraction of sp³-hybridized carbons (Fsp3) is 0.611. The van der Waals surface area contributed by atoms with Gasteiger partial charge in [-0.2, -0.15) is 5.26 Å². The molecule has 20 heavy (non-hydrogen) atoms. The Morgan fingerprint density at radius 1 is 1.10 bits per heavy atom. The second kappa shape index (κ2) is 5.56. The van der Waals surface area contributed by atoms with Gasteiger partial charge in [-0.1, -0.05) is 25.8 Å². The maximum Gasteiger partial charge on any atom is 0.144 e. The van der Waals surface area contributed by atoms with Gasteiger partial charge in [0.1, 0.15) is 11.9 Å². The van der Waals surface area contributed by atoms with E-state index in [-0.39, 0.29) is 11.4 Å². The molecule has 1 atom stereocenters. The summed E-state index contributed by atoms with van der Waals surface area (Å²) in [7, 11) is 0. The van der Waals surface area contributed by atoms with E-state index in [2.05, 4.69) is 6.92 Å². The molecule has 1 aromatic rings. The van der Waals surface area contributed by atoms with Gasteiger partial charge in [0.05, 0.1) is 5.56 Å². The molecule has 0 bridgehead atoms. The van der Waals surface area contributed by atoms with E-state index in [1.807, 2.05) is 12.1 Å². The van der Waals surface area contributed by atoms with Crippen LogP contribution in [0.1, 0.15) is 55.7 Å². The van der Waals surface area contributed by atoms with Crippen molar-refractivity contribution in [2.75, 3.05) is 0 Å². The Kier molecular flexibility index (Phi) is 3.78. The number of nitriles is 1. The van der Waals surface area contributed by atoms with Crippen LogP contribution in [-0.2, 0) is 12.8 Å². The van der Waals surface area contributed by atoms with E-state index in [0.29, 0.717) is 0 Å². The molecule has 2 heteroatoms. The summed E-state index contributed by atoms with van der Waals surface area (Å²) in [5, 5.41) is 8.91. The average molecular weight is 271 g/mol. The van der Waals surface area contributed by atoms with E-state index < -0.39 is 0 Å². The molecule has 0 spiro atoms. The van der Waals surface area contributed by atoms with Crippen LogP contribution in [0.2, 0.25) is 0 Å². The summed E-state index contributed by atoms with van der Waals surface area (Å²) in [6.07, 6.45) is 8.33. The minimum Gasteiger partial charge on any atom is -0.205 e. The van der Waals surface area contributed by atoms with E-state index in [4.69, 9.17) is 5.26 Å². The van der Waals surface area contributed by atoms with E-state index in [1.165, 1.54) is 25.7 Å². The van der Waals surface area contributed by atoms with Crippen LogP contribution in [0.25, 0.3) is 0 Å². The topological polar surface area (TPSA) is 23.8 Å². The van der Waals surface area contributed by atoms with Crippen molar-refractivity contribution in [2.45, 2.75) is 51.9 Å². The van der Waals surface area contributed by atoms with Gasteiger partial charge in [-0.3, -0.25) is 0 Å². The summed E-state index contributed by atoms with van der Waals surface area (Å²) in [5.41, 5.74) is 2.16. The monoisotopic (exact) mass is 271 g/mol. The van der Waals surface area contributed by atoms with Crippen molar-refractivity contribution < 1.29 is 4.39 Å². The van der Waals surface area contributed by atoms with Crippen LogP contribution in [0, 0.1) is 34.9 Å². The van der Waals surface area contributed by atoms with E-state index in [9.17, 15) is 4.39 Å². The Morgan fingerprint density at radius 2 is 1.85 bits per heavy atom. The van der Waals surface area contributed by atoms with Crippen molar-refractivity contribution in [1.82, 2.24) is 0 Å². The van der Waals surface area contributed by atoms with Gasteiger partial charge in [-0.15, -0.1) is 0 Å². The molecule has 106 valence electrons. The Labute approximate surface area is 120 Å². The van der Waals surface area contributed by atoms with Crippen molar-refractivity contribution in [2.24, 2.45) is 17.8 Å². The number of halogens is 1. The quantitative estimate of drug-likeness (QED) is 0.730. The number of hydrogen-bond acceptors (Lipinski definition) is 1. The molecule has 0 heterocycles. The molecule has 1 saturated carbocycles. The lowest BCUT2D eigenvalue weighted by molar-refractivity contribution is 0.196. The molecule has 0 N–H and O–H groups in total. The van der Waals surface area contributed by atoms with Crippen molar-refractivity contribution in [3.05, 3.63) is 34.6 Å². The normalized spacial score (nSPS) is 29.6. The Bertz CT molecular complexity index is 535. The van der Waals surface area contributed by atoms with Gasteiger partial charge in [0.15, 0.2) is 0 Å². The zero-order chi connectivity index (χ0) is 14.1. The maximum atomic E-state index is 14.2. The first kappa shape index (κ1) is 13.6. The third-order valence-corrected chi connectivity index (χ3v) is 5.44. The summed E-state index contributed by atoms with van der Waals surface area (Å²) in [5.74, 6) is 2.18. The molecule has 0 radical (unpaired) electrons. The predicted molar refractivity (Wildman–Crippen MR) is 77.8 cm³/mol. The molecule has 0 amide bonds. The molecule has 1 nitrogen and oxygen atoms in total. The Hall–Kier alpha value is -1.36. The first-order valence-corrected chi connectivity index (χ1v) is 7.89. The summed E-state index contributed by atoms with van der Waals surface area (Å²) in [6.45, 7) is 2.35. The molecule has 0 saturated heterocycles. The van der Waals surface area contributed by atoms with E-state index in [0.717, 1.165) is 48.1 Å². The number of rotatable bonds is 1. The molecule has 2 aliphatic rings. The van der Waals surface area contributed by atoms with E-state index in [1.54, 1.807) is 6.07 Å². The van der Waals surface area contributed by atoms with Crippen LogP contribution < -0.4 is 0 Å². The highest BCUT2D eigenvalue weighted by atomic mass is 19.1. The highest BCUT2D eigenvalue weighted by molar-refractivity contribution is 5.41. The third kappa shape index (κ3) is 2.46. The average Bonchev–Trinajstić information content (AvgIpc) is 2.48. The smallest absolute Gasteiger partial charge is 0.144 e. The SMILES string of the molecule is CC1CCC(C2CCc3c(ccc(C#N)c3F)C2)CC1. The van der Waals surface area contributed by atoms with Gasteiger partial charge in [0.25, 0.3) is 0 Å². The highest BCUT2D eigenvalue weighted by Gasteiger charge is 2.30. The van der Waals surface area contributed by atoms with Gasteiger partial charge < -0.3 is 0 Å². The van der Waals surface area contributed by atoms with Gasteiger partial charge >= 0.3 is 0 Å². The molecule has 3 rings (SSSR count). The fourth-order valence-electron chi connectivity index (χ4n) is 4.08. The minimum atomic E-state index is -0.263. The Morgan fingerprint density at radius 3 is 2.55 bits per heavy atom. The summed E-state index contributed by atoms with van der Waals surface area (Å²) in [4.78, 5) is 0. The zero-order valence-corrected chi connectivity index (χ0v) is 12.2. The van der Waals surface area contributed by atoms with Crippen LogP contribution in [0.15, 0.2) is 12.1 Å². The molecule has 0 aliphatic heterocycles. The zero-order valence-electron chi connectivity index (χ0n) is 12.2. The number of benzene rings is 1. The van der Waals surface area contributed by atoms with Gasteiger partial charge in [-0.05, 0) is 67.1 Å². The number of fused-ring (bicyclic) bond motifs is 1. The highest BCUT2D eigenvalue weighted by Crippen LogP contribution is 2.40. The van der Waals surface area contributed by atoms with Crippen molar-refractivity contribution in [3.8, 4) is 6.07 Å². The first-order valence-electron chi connectivity index (χ1n) is 7.89. The molecule has 0 aromatic heterocycles. The predicted octanol–water partition coefficient (Wildman–Crippen LogP) is 4.63. The van der Waals surface area contributed by atoms with Crippen molar-refractivity contribution in [1.29, 1.82) is 5.26 Å². The van der Waals surface area contributed by atoms with Crippen molar-refractivity contribution >= 4 is 0 Å². The second-order valence-electron chi connectivity index (χ2n) is 6.70. The molecule has 1 aromatic carbocycles. The molecule has 1 fully saturated rings. The van der Waals surface area contributed by atoms with Crippen LogP contribution in [0.5, 0.6) is 0 Å². The van der Waals surface area contributed by atoms with Crippen LogP contribution in [-0.4, -0.2) is 0 Å². The lowest BCUT2D eigenvalue weighted by Gasteiger charge is -2.35. The lowest BCUT2D eigenvalue weighted by atomic mass is 9.70. The second-order valence-corrected chi connectivity index (χ2v) is 6.70. The van der Waals surface area contributed by atoms with Gasteiger partial charge in [0.2, 0.25) is 0 Å². The van der Waals surface area contributed by atoms with Crippen LogP contribution in [0.3, 0.4) is 0 Å². The van der Waals surface area contributed by atoms with Crippen LogP contribution >= 0.6 is 0 Å².